The van der Waals surface area contributed by atoms with Crippen molar-refractivity contribution in [2.75, 3.05) is 29.3 Å². The van der Waals surface area contributed by atoms with Crippen LogP contribution in [0.3, 0.4) is 0 Å². The third-order valence-corrected chi connectivity index (χ3v) is 10.1. The fourth-order valence-corrected chi connectivity index (χ4v) is 7.38. The van der Waals surface area contributed by atoms with Crippen LogP contribution in [-0.4, -0.2) is 46.7 Å². The normalized spacial score (nSPS) is 14.5. The van der Waals surface area contributed by atoms with E-state index in [-0.39, 0.29) is 9.79 Å². The van der Waals surface area contributed by atoms with Gasteiger partial charge in [0.25, 0.3) is 10.0 Å². The summed E-state index contributed by atoms with van der Waals surface area (Å²) in [5.74, 6) is -0.583. The number of nitrogens with zero attached hydrogens (tertiary/aromatic N) is 2. The number of benzene rings is 3. The molecule has 0 saturated carbocycles. The highest BCUT2D eigenvalue weighted by atomic mass is 35.5. The monoisotopic (exact) mass is 561 g/mol. The van der Waals surface area contributed by atoms with E-state index >= 15 is 0 Å². The minimum Gasteiger partial charge on any atom is -0.325 e. The molecule has 0 atom stereocenters. The van der Waals surface area contributed by atoms with Crippen molar-refractivity contribution in [3.05, 3.63) is 82.9 Å². The molecule has 0 spiro atoms. The Labute approximate surface area is 223 Å². The van der Waals surface area contributed by atoms with E-state index in [1.54, 1.807) is 37.3 Å². The zero-order chi connectivity index (χ0) is 26.8. The first-order valence-corrected chi connectivity index (χ1v) is 15.0. The molecule has 3 aromatic carbocycles. The van der Waals surface area contributed by atoms with Crippen LogP contribution in [-0.2, 0) is 24.8 Å². The van der Waals surface area contributed by atoms with Crippen LogP contribution in [0.5, 0.6) is 0 Å². The van der Waals surface area contributed by atoms with Crippen molar-refractivity contribution in [1.29, 1.82) is 0 Å². The molecule has 0 aromatic heterocycles. The molecule has 1 amide bonds. The van der Waals surface area contributed by atoms with Gasteiger partial charge in [0.15, 0.2) is 0 Å². The number of rotatable bonds is 8. The number of hydrogen-bond donors (Lipinski definition) is 1. The molecule has 11 heteroatoms. The van der Waals surface area contributed by atoms with E-state index in [9.17, 15) is 21.6 Å². The first kappa shape index (κ1) is 27.1. The van der Waals surface area contributed by atoms with E-state index in [1.807, 2.05) is 6.92 Å². The quantitative estimate of drug-likeness (QED) is 0.434. The number of aryl methyl sites for hydroxylation is 2. The summed E-state index contributed by atoms with van der Waals surface area (Å²) in [6.45, 7) is 4.07. The maximum absolute atomic E-state index is 13.6. The van der Waals surface area contributed by atoms with Crippen LogP contribution >= 0.6 is 11.6 Å². The Bertz CT molecular complexity index is 1500. The third-order valence-electron chi connectivity index (χ3n) is 6.16. The summed E-state index contributed by atoms with van der Waals surface area (Å²) in [4.78, 5) is 13.2. The Hall–Kier alpha value is -2.92. The van der Waals surface area contributed by atoms with E-state index in [2.05, 4.69) is 5.32 Å². The molecule has 1 heterocycles. The number of halogens is 1. The van der Waals surface area contributed by atoms with Crippen LogP contribution in [0.15, 0.2) is 76.5 Å². The van der Waals surface area contributed by atoms with Crippen LogP contribution < -0.4 is 9.62 Å². The van der Waals surface area contributed by atoms with Gasteiger partial charge in [0, 0.05) is 23.8 Å². The average Bonchev–Trinajstić information content (AvgIpc) is 3.40. The average molecular weight is 562 g/mol. The van der Waals surface area contributed by atoms with Gasteiger partial charge in [-0.15, -0.1) is 0 Å². The molecule has 37 heavy (non-hydrogen) atoms. The Kier molecular flexibility index (Phi) is 7.94. The molecule has 0 aliphatic carbocycles. The largest absolute Gasteiger partial charge is 0.325 e. The highest BCUT2D eigenvalue weighted by molar-refractivity contribution is 7.92. The summed E-state index contributed by atoms with van der Waals surface area (Å²) in [6.07, 6.45) is 1.67. The van der Waals surface area contributed by atoms with Crippen LogP contribution in [0.2, 0.25) is 5.02 Å². The third kappa shape index (κ3) is 5.98. The van der Waals surface area contributed by atoms with E-state index < -0.39 is 32.5 Å². The molecule has 4 rings (SSSR count). The van der Waals surface area contributed by atoms with Crippen molar-refractivity contribution < 1.29 is 21.6 Å². The number of carbonyl (C=O) groups is 1. The second-order valence-corrected chi connectivity index (χ2v) is 13.2. The molecular formula is C26H28ClN3O5S2. The Balaban J connectivity index is 1.58. The van der Waals surface area contributed by atoms with E-state index in [1.165, 1.54) is 40.7 Å². The van der Waals surface area contributed by atoms with Gasteiger partial charge in [-0.3, -0.25) is 9.10 Å². The molecular weight excluding hydrogens is 534 g/mol. The second-order valence-electron chi connectivity index (χ2n) is 8.94. The van der Waals surface area contributed by atoms with E-state index in [0.717, 1.165) is 22.7 Å². The molecule has 0 unspecified atom stereocenters. The summed E-state index contributed by atoms with van der Waals surface area (Å²) in [5, 5.41) is 3.12. The van der Waals surface area contributed by atoms with Crippen LogP contribution in [0.25, 0.3) is 0 Å². The number of hydrogen-bond acceptors (Lipinski definition) is 5. The number of carbonyl (C=O) groups excluding carboxylic acids is 1. The number of nitrogens with one attached hydrogen (secondary N) is 1. The summed E-state index contributed by atoms with van der Waals surface area (Å²) in [6, 6.07) is 17.0. The maximum Gasteiger partial charge on any atom is 0.264 e. The van der Waals surface area contributed by atoms with E-state index in [4.69, 9.17) is 11.6 Å². The first-order valence-electron chi connectivity index (χ1n) is 11.7. The first-order chi connectivity index (χ1) is 17.5. The molecule has 1 saturated heterocycles. The fourth-order valence-electron chi connectivity index (χ4n) is 4.15. The van der Waals surface area contributed by atoms with Gasteiger partial charge < -0.3 is 5.32 Å². The summed E-state index contributed by atoms with van der Waals surface area (Å²) >= 11 is 6.08. The topological polar surface area (TPSA) is 104 Å². The highest BCUT2D eigenvalue weighted by Gasteiger charge is 2.29. The molecule has 1 N–H and O–H groups in total. The molecule has 0 radical (unpaired) electrons. The predicted molar refractivity (Wildman–Crippen MR) is 145 cm³/mol. The molecule has 0 bridgehead atoms. The van der Waals surface area contributed by atoms with Crippen molar-refractivity contribution in [3.8, 4) is 0 Å². The van der Waals surface area contributed by atoms with Crippen LogP contribution in [0.1, 0.15) is 24.0 Å². The summed E-state index contributed by atoms with van der Waals surface area (Å²) in [5.41, 5.74) is 2.17. The van der Waals surface area contributed by atoms with Gasteiger partial charge in [-0.25, -0.2) is 16.8 Å². The van der Waals surface area contributed by atoms with Crippen molar-refractivity contribution in [1.82, 2.24) is 4.31 Å². The maximum atomic E-state index is 13.6. The van der Waals surface area contributed by atoms with Gasteiger partial charge in [0.05, 0.1) is 15.5 Å². The zero-order valence-corrected chi connectivity index (χ0v) is 22.9. The Morgan fingerprint density at radius 2 is 1.49 bits per heavy atom. The van der Waals surface area contributed by atoms with Crippen molar-refractivity contribution in [3.63, 3.8) is 0 Å². The second kappa shape index (κ2) is 10.8. The Morgan fingerprint density at radius 1 is 0.892 bits per heavy atom. The number of amides is 1. The number of anilines is 2. The summed E-state index contributed by atoms with van der Waals surface area (Å²) < 4.78 is 55.2. The van der Waals surface area contributed by atoms with E-state index in [0.29, 0.717) is 35.1 Å². The van der Waals surface area contributed by atoms with Crippen LogP contribution in [0, 0.1) is 13.8 Å². The van der Waals surface area contributed by atoms with Gasteiger partial charge in [0.1, 0.15) is 6.54 Å². The van der Waals surface area contributed by atoms with Gasteiger partial charge in [0.2, 0.25) is 15.9 Å². The summed E-state index contributed by atoms with van der Waals surface area (Å²) in [7, 11) is -7.66. The van der Waals surface area contributed by atoms with Gasteiger partial charge >= 0.3 is 0 Å². The van der Waals surface area contributed by atoms with Crippen molar-refractivity contribution in [2.24, 2.45) is 0 Å². The molecule has 1 aliphatic rings. The van der Waals surface area contributed by atoms with Crippen LogP contribution in [0.4, 0.5) is 11.4 Å². The minimum absolute atomic E-state index is 0.0525. The zero-order valence-electron chi connectivity index (χ0n) is 20.5. The van der Waals surface area contributed by atoms with Crippen molar-refractivity contribution in [2.45, 2.75) is 36.5 Å². The predicted octanol–water partition coefficient (Wildman–Crippen LogP) is 4.58. The fraction of sp³-hybridized carbons (Fsp3) is 0.269. The molecule has 1 fully saturated rings. The van der Waals surface area contributed by atoms with Crippen molar-refractivity contribution >= 4 is 48.9 Å². The lowest BCUT2D eigenvalue weighted by Gasteiger charge is -2.26. The molecule has 196 valence electrons. The van der Waals surface area contributed by atoms with Gasteiger partial charge in [-0.05, 0) is 86.8 Å². The van der Waals surface area contributed by atoms with Gasteiger partial charge in [-0.1, -0.05) is 29.3 Å². The lowest BCUT2D eigenvalue weighted by atomic mass is 10.2. The Morgan fingerprint density at radius 3 is 2.08 bits per heavy atom. The minimum atomic E-state index is -4.08. The highest BCUT2D eigenvalue weighted by Crippen LogP contribution is 2.29. The lowest BCUT2D eigenvalue weighted by Crippen LogP contribution is -2.38. The SMILES string of the molecule is Cc1ccc(S(=O)(=O)N(CC(=O)Nc2ccc(S(=O)(=O)N3CCCC3)cc2)c2ccc(Cl)cc2C)cc1. The standard InChI is InChI=1S/C26H28ClN3O5S2/c1-19-5-10-24(11-6-19)37(34,35)30(25-14-7-21(27)17-20(25)2)18-26(31)28-22-8-12-23(13-9-22)36(32,33)29-15-3-4-16-29/h5-14,17H,3-4,15-16,18H2,1-2H3,(H,28,31). The van der Waals surface area contributed by atoms with Gasteiger partial charge in [-0.2, -0.15) is 4.31 Å². The number of sulfonamides is 2. The lowest BCUT2D eigenvalue weighted by molar-refractivity contribution is -0.114. The smallest absolute Gasteiger partial charge is 0.264 e. The molecule has 1 aliphatic heterocycles. The molecule has 8 nitrogen and oxygen atoms in total. The molecule has 3 aromatic rings.